The van der Waals surface area contributed by atoms with E-state index >= 15 is 0 Å². The minimum absolute atomic E-state index is 0.0115. The third-order valence-corrected chi connectivity index (χ3v) is 6.72. The second kappa shape index (κ2) is 10.4. The molecule has 5 heteroatoms. The van der Waals surface area contributed by atoms with Gasteiger partial charge < -0.3 is 4.74 Å². The Morgan fingerprint density at radius 2 is 2.00 bits per heavy atom. The smallest absolute Gasteiger partial charge is 0.189 e. The number of ketones is 1. The Morgan fingerprint density at radius 1 is 1.14 bits per heavy atom. The summed E-state index contributed by atoms with van der Waals surface area (Å²) < 4.78 is 33.6. The zero-order valence-electron chi connectivity index (χ0n) is 20.2. The van der Waals surface area contributed by atoms with Crippen LogP contribution in [-0.2, 0) is 0 Å². The number of halogens is 2. The van der Waals surface area contributed by atoms with E-state index in [4.69, 9.17) is 4.74 Å². The summed E-state index contributed by atoms with van der Waals surface area (Å²) in [5, 5.41) is 0. The second-order valence-electron chi connectivity index (χ2n) is 9.37. The molecule has 1 aliphatic carbocycles. The molecule has 36 heavy (non-hydrogen) atoms. The molecule has 0 bridgehead atoms. The van der Waals surface area contributed by atoms with E-state index in [1.165, 1.54) is 6.07 Å². The number of fused-ring (bicyclic) bond motifs is 1. The van der Waals surface area contributed by atoms with Crippen LogP contribution in [0.2, 0.25) is 0 Å². The number of allylic oxidation sites excluding steroid dienone is 6. The number of nitrogens with zero attached hydrogens (tertiary/aromatic N) is 1. The highest BCUT2D eigenvalue weighted by atomic mass is 19.1. The van der Waals surface area contributed by atoms with Crippen LogP contribution in [0.4, 0.5) is 8.78 Å². The molecule has 0 saturated heterocycles. The van der Waals surface area contributed by atoms with Crippen LogP contribution in [0.3, 0.4) is 0 Å². The zero-order chi connectivity index (χ0) is 25.1. The molecular weight excluding hydrogens is 456 g/mol. The average molecular weight is 484 g/mol. The number of rotatable bonds is 4. The molecular formula is C31H27F2NO2. The van der Waals surface area contributed by atoms with Gasteiger partial charge in [-0.25, -0.2) is 8.78 Å². The van der Waals surface area contributed by atoms with Crippen molar-refractivity contribution in [1.29, 1.82) is 0 Å². The number of carbonyl (C=O) groups is 1. The first-order valence-electron chi connectivity index (χ1n) is 12.4. The van der Waals surface area contributed by atoms with E-state index in [1.54, 1.807) is 6.08 Å². The molecule has 3 aliphatic rings. The lowest BCUT2D eigenvalue weighted by Crippen LogP contribution is -2.12. The van der Waals surface area contributed by atoms with Crippen molar-refractivity contribution in [2.45, 2.75) is 45.4 Å². The van der Waals surface area contributed by atoms with Crippen LogP contribution in [0.25, 0.3) is 6.08 Å². The molecule has 182 valence electrons. The lowest BCUT2D eigenvalue weighted by molar-refractivity contribution is 0.103. The third kappa shape index (κ3) is 5.07. The predicted octanol–water partition coefficient (Wildman–Crippen LogP) is 7.81. The van der Waals surface area contributed by atoms with Crippen LogP contribution in [0, 0.1) is 24.5 Å². The third-order valence-electron chi connectivity index (χ3n) is 6.72. The van der Waals surface area contributed by atoms with E-state index in [1.807, 2.05) is 49.6 Å². The maximum atomic E-state index is 14.3. The Kier molecular flexibility index (Phi) is 6.92. The van der Waals surface area contributed by atoms with Gasteiger partial charge in [0.1, 0.15) is 11.6 Å². The molecule has 2 aromatic carbocycles. The Morgan fingerprint density at radius 3 is 2.89 bits per heavy atom. The number of hydrogen-bond donors (Lipinski definition) is 0. The number of Topliss-reactive ketones (excluding diaryl/α,β-unsaturated/α-hetero) is 1. The van der Waals surface area contributed by atoms with Crippen molar-refractivity contribution < 1.29 is 18.3 Å². The van der Waals surface area contributed by atoms with Gasteiger partial charge in [0.25, 0.3) is 0 Å². The summed E-state index contributed by atoms with van der Waals surface area (Å²) in [5.41, 5.74) is 7.45. The lowest BCUT2D eigenvalue weighted by atomic mass is 9.92. The highest BCUT2D eigenvalue weighted by molar-refractivity contribution is 6.19. The number of benzene rings is 2. The van der Waals surface area contributed by atoms with E-state index in [9.17, 15) is 13.6 Å². The molecule has 0 amide bonds. The summed E-state index contributed by atoms with van der Waals surface area (Å²) >= 11 is 0. The molecule has 2 aliphatic heterocycles. The molecule has 0 aromatic heterocycles. The Labute approximate surface area is 209 Å². The van der Waals surface area contributed by atoms with E-state index in [2.05, 4.69) is 16.8 Å². The number of aryl methyl sites for hydroxylation is 1. The number of hydrogen-bond acceptors (Lipinski definition) is 3. The SMILES string of the molecule is Cc1ccc(C2=N\C=C/CC\C=C\2)c(C(=O)C2=CC[C@H](C3=C=Cc4cc(F)cc(F)c4O3)CCC2)c1. The fourth-order valence-electron chi connectivity index (χ4n) is 4.81. The quantitative estimate of drug-likeness (QED) is 0.329. The Bertz CT molecular complexity index is 1400. The van der Waals surface area contributed by atoms with Gasteiger partial charge >= 0.3 is 0 Å². The average Bonchev–Trinajstić information content (AvgIpc) is 3.10. The van der Waals surface area contributed by atoms with E-state index in [0.717, 1.165) is 54.2 Å². The van der Waals surface area contributed by atoms with Gasteiger partial charge in [0.15, 0.2) is 17.3 Å². The van der Waals surface area contributed by atoms with Crippen LogP contribution < -0.4 is 4.74 Å². The summed E-state index contributed by atoms with van der Waals surface area (Å²) in [7, 11) is 0. The maximum absolute atomic E-state index is 14.3. The molecule has 2 heterocycles. The summed E-state index contributed by atoms with van der Waals surface area (Å²) in [6, 6.07) is 7.97. The largest absolute Gasteiger partial charge is 0.449 e. The van der Waals surface area contributed by atoms with E-state index < -0.39 is 11.6 Å². The van der Waals surface area contributed by atoms with E-state index in [0.29, 0.717) is 29.7 Å². The highest BCUT2D eigenvalue weighted by Crippen LogP contribution is 2.36. The van der Waals surface area contributed by atoms with Crippen LogP contribution in [0.5, 0.6) is 5.75 Å². The Balaban J connectivity index is 1.41. The standard InChI is InChI=1S/C31H27F2NO2/c1-20-10-14-25(28-9-4-2-3-5-16-34-28)26(17-20)30(35)22-8-6-7-21(11-12-22)29-15-13-23-18-24(32)19-27(33)31(23)36-29/h4-5,9-10,12-14,16-19,21H,2-3,6-8,11H2,1H3/b9-4+,16-5-,34-28-/t21-/m1/s1. The van der Waals surface area contributed by atoms with Gasteiger partial charge in [-0.2, -0.15) is 0 Å². The van der Waals surface area contributed by atoms with Crippen LogP contribution >= 0.6 is 0 Å². The van der Waals surface area contributed by atoms with Crippen molar-refractivity contribution in [3.63, 3.8) is 0 Å². The van der Waals surface area contributed by atoms with Gasteiger partial charge in [0.05, 0.1) is 5.71 Å². The summed E-state index contributed by atoms with van der Waals surface area (Å²) in [5.74, 6) is -0.852. The van der Waals surface area contributed by atoms with Gasteiger partial charge in [-0.05, 0) is 75.3 Å². The first-order valence-corrected chi connectivity index (χ1v) is 12.4. The topological polar surface area (TPSA) is 38.7 Å². The molecule has 3 nitrogen and oxygen atoms in total. The number of aliphatic imine (C=N–C) groups is 1. The van der Waals surface area contributed by atoms with Crippen LogP contribution in [-0.4, -0.2) is 11.5 Å². The van der Waals surface area contributed by atoms with Crippen LogP contribution in [0.1, 0.15) is 65.6 Å². The summed E-state index contributed by atoms with van der Waals surface area (Å²) in [4.78, 5) is 18.3. The van der Waals surface area contributed by atoms with Crippen molar-refractivity contribution in [3.8, 4) is 5.75 Å². The minimum atomic E-state index is -0.728. The molecule has 0 fully saturated rings. The summed E-state index contributed by atoms with van der Waals surface area (Å²) in [6.07, 6.45) is 16.2. The lowest BCUT2D eigenvalue weighted by Gasteiger charge is -2.20. The molecule has 0 unspecified atom stereocenters. The number of carbonyl (C=O) groups excluding carboxylic acids is 1. The normalized spacial score (nSPS) is 22.4. The first kappa shape index (κ1) is 23.9. The fraction of sp³-hybridized carbons (Fsp3) is 0.258. The van der Waals surface area contributed by atoms with Gasteiger partial charge in [0.2, 0.25) is 0 Å². The molecule has 0 saturated carbocycles. The van der Waals surface area contributed by atoms with E-state index in [-0.39, 0.29) is 17.5 Å². The molecule has 0 N–H and O–H groups in total. The highest BCUT2D eigenvalue weighted by Gasteiger charge is 2.26. The second-order valence-corrected chi connectivity index (χ2v) is 9.37. The molecule has 5 rings (SSSR count). The zero-order valence-corrected chi connectivity index (χ0v) is 20.2. The van der Waals surface area contributed by atoms with Gasteiger partial charge in [-0.15, -0.1) is 0 Å². The van der Waals surface area contributed by atoms with Crippen molar-refractivity contribution in [1.82, 2.24) is 0 Å². The maximum Gasteiger partial charge on any atom is 0.189 e. The Hall–Kier alpha value is -3.82. The number of ether oxygens (including phenoxy) is 1. The van der Waals surface area contributed by atoms with Crippen LogP contribution in [0.15, 0.2) is 82.9 Å². The molecule has 0 radical (unpaired) electrons. The van der Waals surface area contributed by atoms with Gasteiger partial charge in [-0.3, -0.25) is 9.79 Å². The minimum Gasteiger partial charge on any atom is -0.449 e. The summed E-state index contributed by atoms with van der Waals surface area (Å²) in [6.45, 7) is 1.98. The molecule has 2 aromatic rings. The molecule has 1 atom stereocenters. The van der Waals surface area contributed by atoms with Crippen molar-refractivity contribution in [3.05, 3.63) is 112 Å². The fourth-order valence-corrected chi connectivity index (χ4v) is 4.81. The molecule has 0 spiro atoms. The van der Waals surface area contributed by atoms with Gasteiger partial charge in [-0.1, -0.05) is 41.7 Å². The predicted molar refractivity (Wildman–Crippen MR) is 138 cm³/mol. The monoisotopic (exact) mass is 483 g/mol. The van der Waals surface area contributed by atoms with Gasteiger partial charge in [0, 0.05) is 34.9 Å². The van der Waals surface area contributed by atoms with Crippen molar-refractivity contribution in [2.75, 3.05) is 0 Å². The first-order chi connectivity index (χ1) is 17.5. The van der Waals surface area contributed by atoms with Crippen molar-refractivity contribution in [2.24, 2.45) is 10.9 Å². The van der Waals surface area contributed by atoms with Crippen molar-refractivity contribution >= 4 is 17.6 Å².